The first-order valence-electron chi connectivity index (χ1n) is 7.05. The van der Waals surface area contributed by atoms with Crippen LogP contribution in [0.4, 0.5) is 4.39 Å². The average molecular weight is 288 g/mol. The minimum atomic E-state index is -0.874. The van der Waals surface area contributed by atoms with Crippen molar-refractivity contribution in [3.63, 3.8) is 0 Å². The zero-order valence-corrected chi connectivity index (χ0v) is 12.4. The molecule has 0 aliphatic carbocycles. The second-order valence-corrected chi connectivity index (χ2v) is 5.71. The van der Waals surface area contributed by atoms with Crippen LogP contribution in [0.5, 0.6) is 0 Å². The summed E-state index contributed by atoms with van der Waals surface area (Å²) in [6.07, 6.45) is 0.469. The van der Waals surface area contributed by atoms with E-state index in [-0.39, 0.29) is 19.0 Å². The molecule has 2 nitrogen and oxygen atoms in total. The molecule has 21 heavy (non-hydrogen) atoms. The van der Waals surface area contributed by atoms with Crippen molar-refractivity contribution in [2.24, 2.45) is 0 Å². The normalized spacial score (nSPS) is 11.7. The summed E-state index contributed by atoms with van der Waals surface area (Å²) in [4.78, 5) is 0. The molecular formula is C18H21FO2. The Morgan fingerprint density at radius 3 is 2.33 bits per heavy atom. The molecule has 0 bridgehead atoms. The first-order chi connectivity index (χ1) is 10.0. The molecule has 0 heterocycles. The minimum Gasteiger partial charge on any atom is -0.395 e. The molecule has 0 fully saturated rings. The number of aliphatic hydroxyl groups excluding tert-OH is 2. The van der Waals surface area contributed by atoms with E-state index >= 15 is 0 Å². The summed E-state index contributed by atoms with van der Waals surface area (Å²) < 4.78 is 13.5. The van der Waals surface area contributed by atoms with Gasteiger partial charge in [-0.15, -0.1) is 0 Å². The molecule has 0 radical (unpaired) electrons. The molecule has 0 aliphatic heterocycles. The fourth-order valence-corrected chi connectivity index (χ4v) is 2.62. The highest BCUT2D eigenvalue weighted by Crippen LogP contribution is 2.30. The molecule has 2 aromatic rings. The quantitative estimate of drug-likeness (QED) is 0.888. The lowest BCUT2D eigenvalue weighted by molar-refractivity contribution is 0.116. The second kappa shape index (κ2) is 6.37. The van der Waals surface area contributed by atoms with Crippen molar-refractivity contribution in [3.8, 4) is 0 Å². The molecule has 0 unspecified atom stereocenters. The minimum absolute atomic E-state index is 0.236. The van der Waals surface area contributed by atoms with Gasteiger partial charge >= 0.3 is 0 Å². The van der Waals surface area contributed by atoms with E-state index in [1.165, 1.54) is 12.1 Å². The maximum absolute atomic E-state index is 13.5. The van der Waals surface area contributed by atoms with Gasteiger partial charge in [-0.25, -0.2) is 4.39 Å². The molecule has 0 aliphatic rings. The van der Waals surface area contributed by atoms with Crippen molar-refractivity contribution < 1.29 is 14.6 Å². The van der Waals surface area contributed by atoms with E-state index in [4.69, 9.17) is 0 Å². The Morgan fingerprint density at radius 2 is 1.71 bits per heavy atom. The van der Waals surface area contributed by atoms with Gasteiger partial charge in [-0.05, 0) is 49.1 Å². The van der Waals surface area contributed by atoms with Crippen LogP contribution in [0, 0.1) is 19.7 Å². The number of halogens is 1. The third-order valence-electron chi connectivity index (χ3n) is 4.08. The molecule has 0 saturated carbocycles. The van der Waals surface area contributed by atoms with Crippen molar-refractivity contribution in [2.75, 3.05) is 13.2 Å². The van der Waals surface area contributed by atoms with E-state index in [0.29, 0.717) is 12.0 Å². The number of hydrogen-bond acceptors (Lipinski definition) is 2. The first-order valence-corrected chi connectivity index (χ1v) is 7.05. The summed E-state index contributed by atoms with van der Waals surface area (Å²) in [6, 6.07) is 12.2. The van der Waals surface area contributed by atoms with Gasteiger partial charge in [-0.2, -0.15) is 0 Å². The van der Waals surface area contributed by atoms with Crippen molar-refractivity contribution >= 4 is 0 Å². The van der Waals surface area contributed by atoms with Crippen molar-refractivity contribution in [1.29, 1.82) is 0 Å². The van der Waals surface area contributed by atoms with Gasteiger partial charge in [0, 0.05) is 5.41 Å². The largest absolute Gasteiger partial charge is 0.395 e. The fraction of sp³-hybridized carbons (Fsp3) is 0.333. The van der Waals surface area contributed by atoms with E-state index < -0.39 is 5.41 Å². The molecule has 112 valence electrons. The van der Waals surface area contributed by atoms with Gasteiger partial charge in [0.15, 0.2) is 0 Å². The van der Waals surface area contributed by atoms with E-state index in [2.05, 4.69) is 6.07 Å². The lowest BCUT2D eigenvalue weighted by Crippen LogP contribution is -2.37. The Kier molecular flexibility index (Phi) is 4.76. The average Bonchev–Trinajstić information content (AvgIpc) is 2.48. The fourth-order valence-electron chi connectivity index (χ4n) is 2.62. The summed E-state index contributed by atoms with van der Waals surface area (Å²) in [5.74, 6) is -0.361. The van der Waals surface area contributed by atoms with E-state index in [9.17, 15) is 14.6 Å². The van der Waals surface area contributed by atoms with Crippen LogP contribution < -0.4 is 0 Å². The molecule has 0 atom stereocenters. The lowest BCUT2D eigenvalue weighted by atomic mass is 9.76. The van der Waals surface area contributed by atoms with E-state index in [1.54, 1.807) is 12.1 Å². The number of aliphatic hydroxyl groups is 2. The van der Waals surface area contributed by atoms with Crippen LogP contribution >= 0.6 is 0 Å². The third-order valence-corrected chi connectivity index (χ3v) is 4.08. The predicted molar refractivity (Wildman–Crippen MR) is 81.9 cm³/mol. The van der Waals surface area contributed by atoms with Gasteiger partial charge in [0.05, 0.1) is 13.2 Å². The topological polar surface area (TPSA) is 40.5 Å². The standard InChI is InChI=1S/C18H21FO2/c1-13-6-7-14(2)15(8-13)10-18(11-20,12-21)16-4-3-5-17(19)9-16/h3-9,20-21H,10-12H2,1-2H3. The number of rotatable bonds is 5. The Hall–Kier alpha value is -1.71. The highest BCUT2D eigenvalue weighted by atomic mass is 19.1. The first kappa shape index (κ1) is 15.7. The smallest absolute Gasteiger partial charge is 0.123 e. The number of hydrogen-bond donors (Lipinski definition) is 2. The summed E-state index contributed by atoms with van der Waals surface area (Å²) >= 11 is 0. The zero-order chi connectivity index (χ0) is 15.5. The van der Waals surface area contributed by atoms with Crippen LogP contribution in [-0.4, -0.2) is 23.4 Å². The number of benzene rings is 2. The summed E-state index contributed by atoms with van der Waals surface area (Å²) in [5, 5.41) is 19.7. The molecule has 3 heteroatoms. The molecular weight excluding hydrogens is 267 g/mol. The Bertz CT molecular complexity index is 618. The third kappa shape index (κ3) is 3.31. The maximum atomic E-state index is 13.5. The lowest BCUT2D eigenvalue weighted by Gasteiger charge is -2.31. The second-order valence-electron chi connectivity index (χ2n) is 5.71. The van der Waals surface area contributed by atoms with Gasteiger partial charge < -0.3 is 10.2 Å². The van der Waals surface area contributed by atoms with Crippen molar-refractivity contribution in [1.82, 2.24) is 0 Å². The van der Waals surface area contributed by atoms with Crippen LogP contribution in [0.3, 0.4) is 0 Å². The predicted octanol–water partition coefficient (Wildman–Crippen LogP) is 2.91. The van der Waals surface area contributed by atoms with Crippen LogP contribution in [0.25, 0.3) is 0 Å². The van der Waals surface area contributed by atoms with Crippen LogP contribution in [0.2, 0.25) is 0 Å². The zero-order valence-electron chi connectivity index (χ0n) is 12.4. The van der Waals surface area contributed by atoms with Crippen molar-refractivity contribution in [2.45, 2.75) is 25.7 Å². The van der Waals surface area contributed by atoms with E-state index in [1.807, 2.05) is 26.0 Å². The van der Waals surface area contributed by atoms with Gasteiger partial charge in [-0.1, -0.05) is 35.9 Å². The molecule has 0 spiro atoms. The molecule has 2 aromatic carbocycles. The summed E-state index contributed by atoms with van der Waals surface area (Å²) in [7, 11) is 0. The van der Waals surface area contributed by atoms with Gasteiger partial charge in [0.2, 0.25) is 0 Å². The number of aryl methyl sites for hydroxylation is 2. The Balaban J connectivity index is 2.45. The monoisotopic (exact) mass is 288 g/mol. The van der Waals surface area contributed by atoms with Crippen molar-refractivity contribution in [3.05, 3.63) is 70.5 Å². The Morgan fingerprint density at radius 1 is 1.00 bits per heavy atom. The maximum Gasteiger partial charge on any atom is 0.123 e. The van der Waals surface area contributed by atoms with Crippen LogP contribution in [0.1, 0.15) is 22.3 Å². The van der Waals surface area contributed by atoms with E-state index in [0.717, 1.165) is 16.7 Å². The van der Waals surface area contributed by atoms with Crippen LogP contribution in [-0.2, 0) is 11.8 Å². The summed E-state index contributed by atoms with van der Waals surface area (Å²) in [5.41, 5.74) is 3.03. The van der Waals surface area contributed by atoms with Gasteiger partial charge in [0.25, 0.3) is 0 Å². The molecule has 0 saturated heterocycles. The molecule has 2 rings (SSSR count). The van der Waals surface area contributed by atoms with Gasteiger partial charge in [0.1, 0.15) is 5.82 Å². The SMILES string of the molecule is Cc1ccc(C)c(CC(CO)(CO)c2cccc(F)c2)c1. The highest BCUT2D eigenvalue weighted by Gasteiger charge is 2.32. The summed E-state index contributed by atoms with van der Waals surface area (Å²) in [6.45, 7) is 3.53. The van der Waals surface area contributed by atoms with Gasteiger partial charge in [-0.3, -0.25) is 0 Å². The molecule has 0 amide bonds. The molecule has 0 aromatic heterocycles. The Labute approximate surface area is 124 Å². The van der Waals surface area contributed by atoms with Crippen LogP contribution in [0.15, 0.2) is 42.5 Å². The highest BCUT2D eigenvalue weighted by molar-refractivity contribution is 5.36. The molecule has 2 N–H and O–H groups in total.